The molecule has 0 bridgehead atoms. The topological polar surface area (TPSA) is 66.8 Å². The van der Waals surface area contributed by atoms with Crippen LogP contribution in [0.3, 0.4) is 0 Å². The number of aliphatic hydroxyl groups is 1. The number of amides is 1. The Morgan fingerprint density at radius 1 is 1.06 bits per heavy atom. The van der Waals surface area contributed by atoms with Gasteiger partial charge >= 0.3 is 0 Å². The number of hydrogen-bond donors (Lipinski definition) is 1. The molecule has 3 aromatic carbocycles. The molecule has 5 nitrogen and oxygen atoms in total. The summed E-state index contributed by atoms with van der Waals surface area (Å²) in [7, 11) is 1.56. The van der Waals surface area contributed by atoms with Crippen molar-refractivity contribution in [2.24, 2.45) is 0 Å². The summed E-state index contributed by atoms with van der Waals surface area (Å²) >= 11 is 5.97. The van der Waals surface area contributed by atoms with Crippen LogP contribution in [0.2, 0.25) is 5.02 Å². The Hall–Kier alpha value is -3.64. The summed E-state index contributed by atoms with van der Waals surface area (Å²) in [5, 5.41) is 11.1. The van der Waals surface area contributed by atoms with E-state index in [1.54, 1.807) is 49.6 Å². The van der Waals surface area contributed by atoms with Crippen molar-refractivity contribution >= 4 is 34.7 Å². The third-order valence-corrected chi connectivity index (χ3v) is 6.16. The van der Waals surface area contributed by atoms with Crippen molar-refractivity contribution in [3.8, 4) is 5.75 Å². The number of nitrogens with zero attached hydrogens (tertiary/aromatic N) is 1. The quantitative estimate of drug-likeness (QED) is 0.267. The number of hydrogen-bond acceptors (Lipinski definition) is 4. The molecular weight excluding hydrogens is 457 g/mol. The van der Waals surface area contributed by atoms with E-state index in [0.717, 1.165) is 11.6 Å². The van der Waals surface area contributed by atoms with Gasteiger partial charge in [-0.1, -0.05) is 55.8 Å². The molecule has 1 aliphatic heterocycles. The Labute approximate surface area is 202 Å². The molecule has 1 N–H and O–H groups in total. The lowest BCUT2D eigenvalue weighted by Gasteiger charge is -2.25. The Morgan fingerprint density at radius 3 is 2.38 bits per heavy atom. The van der Waals surface area contributed by atoms with E-state index in [0.29, 0.717) is 16.9 Å². The molecule has 1 atom stereocenters. The molecule has 1 heterocycles. The molecule has 0 aromatic heterocycles. The van der Waals surface area contributed by atoms with Crippen LogP contribution >= 0.6 is 11.6 Å². The molecule has 1 amide bonds. The van der Waals surface area contributed by atoms with Crippen molar-refractivity contribution in [3.05, 3.63) is 99.8 Å². The van der Waals surface area contributed by atoms with E-state index in [9.17, 15) is 19.1 Å². The molecule has 0 aliphatic carbocycles. The summed E-state index contributed by atoms with van der Waals surface area (Å²) in [6.07, 6.45) is 0. The van der Waals surface area contributed by atoms with Gasteiger partial charge in [-0.25, -0.2) is 4.39 Å². The molecule has 0 saturated carbocycles. The van der Waals surface area contributed by atoms with Gasteiger partial charge in [0.1, 0.15) is 17.3 Å². The minimum absolute atomic E-state index is 0.0588. The first-order valence-corrected chi connectivity index (χ1v) is 11.1. The predicted molar refractivity (Wildman–Crippen MR) is 130 cm³/mol. The highest BCUT2D eigenvalue weighted by Crippen LogP contribution is 2.43. The van der Waals surface area contributed by atoms with Crippen LogP contribution in [0.4, 0.5) is 10.1 Å². The van der Waals surface area contributed by atoms with Gasteiger partial charge in [0.25, 0.3) is 11.7 Å². The lowest BCUT2D eigenvalue weighted by Crippen LogP contribution is -2.29. The minimum Gasteiger partial charge on any atom is -0.507 e. The van der Waals surface area contributed by atoms with E-state index in [-0.39, 0.29) is 28.0 Å². The van der Waals surface area contributed by atoms with Crippen LogP contribution < -0.4 is 9.64 Å². The van der Waals surface area contributed by atoms with E-state index < -0.39 is 23.5 Å². The first-order chi connectivity index (χ1) is 16.2. The Kier molecular flexibility index (Phi) is 6.44. The zero-order chi connectivity index (χ0) is 24.6. The number of aliphatic hydroxyl groups excluding tert-OH is 1. The first kappa shape index (κ1) is 23.5. The molecule has 4 rings (SSSR count). The molecule has 0 spiro atoms. The van der Waals surface area contributed by atoms with Gasteiger partial charge in [-0.2, -0.15) is 0 Å². The fourth-order valence-corrected chi connectivity index (χ4v) is 4.35. The lowest BCUT2D eigenvalue weighted by atomic mass is 9.93. The average Bonchev–Trinajstić information content (AvgIpc) is 3.11. The molecule has 1 unspecified atom stereocenters. The van der Waals surface area contributed by atoms with Crippen LogP contribution in [0.1, 0.15) is 42.5 Å². The number of halogens is 2. The Balaban J connectivity index is 1.94. The fourth-order valence-electron chi connectivity index (χ4n) is 4.17. The van der Waals surface area contributed by atoms with Gasteiger partial charge in [0.15, 0.2) is 0 Å². The number of benzene rings is 3. The number of anilines is 1. The lowest BCUT2D eigenvalue weighted by molar-refractivity contribution is -0.132. The van der Waals surface area contributed by atoms with Crippen molar-refractivity contribution in [3.63, 3.8) is 0 Å². The van der Waals surface area contributed by atoms with Crippen LogP contribution in [-0.2, 0) is 9.59 Å². The zero-order valence-corrected chi connectivity index (χ0v) is 19.6. The number of ether oxygens (including phenoxy) is 1. The van der Waals surface area contributed by atoms with Gasteiger partial charge in [0, 0.05) is 11.3 Å². The second-order valence-corrected chi connectivity index (χ2v) is 8.70. The summed E-state index contributed by atoms with van der Waals surface area (Å²) in [4.78, 5) is 27.7. The first-order valence-electron chi connectivity index (χ1n) is 10.7. The third kappa shape index (κ3) is 4.05. The maximum absolute atomic E-state index is 13.8. The van der Waals surface area contributed by atoms with Crippen molar-refractivity contribution in [1.29, 1.82) is 0 Å². The summed E-state index contributed by atoms with van der Waals surface area (Å²) < 4.78 is 19.2. The van der Waals surface area contributed by atoms with E-state index in [1.807, 2.05) is 19.9 Å². The number of methoxy groups -OCH3 is 1. The summed E-state index contributed by atoms with van der Waals surface area (Å²) in [6, 6.07) is 16.9. The highest BCUT2D eigenvalue weighted by Gasteiger charge is 2.47. The van der Waals surface area contributed by atoms with Crippen molar-refractivity contribution in [1.82, 2.24) is 0 Å². The summed E-state index contributed by atoms with van der Waals surface area (Å²) in [6.45, 7) is 3.98. The molecule has 1 fully saturated rings. The third-order valence-electron chi connectivity index (χ3n) is 5.87. The number of Topliss-reactive ketones (excluding diaryl/α,β-unsaturated/α-hetero) is 1. The summed E-state index contributed by atoms with van der Waals surface area (Å²) in [5.41, 5.74) is 2.04. The molecule has 3 aromatic rings. The van der Waals surface area contributed by atoms with Crippen molar-refractivity contribution < 1.29 is 23.8 Å². The number of ketones is 1. The van der Waals surface area contributed by atoms with Gasteiger partial charge in [0.05, 0.1) is 23.7 Å². The highest BCUT2D eigenvalue weighted by atomic mass is 35.5. The van der Waals surface area contributed by atoms with E-state index >= 15 is 0 Å². The minimum atomic E-state index is -0.924. The maximum atomic E-state index is 13.8. The van der Waals surface area contributed by atoms with Crippen molar-refractivity contribution in [2.45, 2.75) is 25.8 Å². The molecule has 0 radical (unpaired) electrons. The SMILES string of the molecule is COc1ccc(/C(O)=C2/C(=O)C(=O)N(c3ccc(F)c(Cl)c3)C2c2ccccc2)cc1C(C)C. The second-order valence-electron chi connectivity index (χ2n) is 8.29. The fraction of sp³-hybridized carbons (Fsp3) is 0.185. The molecule has 1 saturated heterocycles. The van der Waals surface area contributed by atoms with Crippen LogP contribution in [0.15, 0.2) is 72.3 Å². The number of carbonyl (C=O) groups is 2. The molecule has 7 heteroatoms. The van der Waals surface area contributed by atoms with Crippen LogP contribution in [0.5, 0.6) is 5.75 Å². The van der Waals surface area contributed by atoms with E-state index in [1.165, 1.54) is 17.0 Å². The van der Waals surface area contributed by atoms with E-state index in [4.69, 9.17) is 16.3 Å². The van der Waals surface area contributed by atoms with Gasteiger partial charge in [-0.15, -0.1) is 0 Å². The van der Waals surface area contributed by atoms with Crippen LogP contribution in [-0.4, -0.2) is 23.9 Å². The molecule has 174 valence electrons. The normalized spacial score (nSPS) is 17.5. The maximum Gasteiger partial charge on any atom is 0.300 e. The number of rotatable bonds is 5. The molecule has 1 aliphatic rings. The zero-order valence-electron chi connectivity index (χ0n) is 18.9. The molecule has 34 heavy (non-hydrogen) atoms. The van der Waals surface area contributed by atoms with Crippen molar-refractivity contribution in [2.75, 3.05) is 12.0 Å². The predicted octanol–water partition coefficient (Wildman–Crippen LogP) is 6.24. The Morgan fingerprint density at radius 2 is 1.76 bits per heavy atom. The summed E-state index contributed by atoms with van der Waals surface area (Å²) in [5.74, 6) is -1.86. The highest BCUT2D eigenvalue weighted by molar-refractivity contribution is 6.51. The average molecular weight is 480 g/mol. The van der Waals surface area contributed by atoms with E-state index in [2.05, 4.69) is 0 Å². The Bertz CT molecular complexity index is 1300. The van der Waals surface area contributed by atoms with Gasteiger partial charge in [-0.3, -0.25) is 14.5 Å². The van der Waals surface area contributed by atoms with Gasteiger partial charge in [-0.05, 0) is 53.4 Å². The van der Waals surface area contributed by atoms with Gasteiger partial charge in [0.2, 0.25) is 0 Å². The number of carbonyl (C=O) groups excluding carboxylic acids is 2. The van der Waals surface area contributed by atoms with Crippen LogP contribution in [0.25, 0.3) is 5.76 Å². The van der Waals surface area contributed by atoms with Crippen LogP contribution in [0, 0.1) is 5.82 Å². The monoisotopic (exact) mass is 479 g/mol. The standard InChI is InChI=1S/C27H23ClFNO4/c1-15(2)19-13-17(9-12-22(19)34-3)25(31)23-24(16-7-5-4-6-8-16)30(27(33)26(23)32)18-10-11-21(29)20(28)14-18/h4-15,24,31H,1-3H3/b25-23-. The van der Waals surface area contributed by atoms with Gasteiger partial charge < -0.3 is 9.84 Å². The largest absolute Gasteiger partial charge is 0.507 e. The second kappa shape index (κ2) is 9.31. The smallest absolute Gasteiger partial charge is 0.300 e. The molecular formula is C27H23ClFNO4.